The maximum absolute atomic E-state index is 13.1. The molecule has 1 atom stereocenters. The van der Waals surface area contributed by atoms with Crippen molar-refractivity contribution < 1.29 is 19.1 Å². The van der Waals surface area contributed by atoms with Crippen molar-refractivity contribution >= 4 is 52.3 Å². The average molecular weight is 488 g/mol. The molecule has 9 heteroatoms. The van der Waals surface area contributed by atoms with Crippen LogP contribution in [0.1, 0.15) is 30.1 Å². The molecule has 0 bridgehead atoms. The molecule has 2 heterocycles. The zero-order chi connectivity index (χ0) is 23.7. The van der Waals surface area contributed by atoms with Gasteiger partial charge in [0.1, 0.15) is 16.5 Å². The number of amides is 3. The number of hydrogen-bond donors (Lipinski definition) is 1. The Morgan fingerprint density at radius 1 is 1.09 bits per heavy atom. The Balaban J connectivity index is 1.52. The molecule has 0 saturated carbocycles. The standard InChI is InChI=1S/C24H23Cl2N3O4/c1-14-4-3-11-28(13-14)22(30)15-5-8-17(9-6-15)27-21-20(26)23(31)29(24(21)32)18-12-16(25)7-10-19(18)33-2/h5-10,12,14,27H,3-4,11,13H2,1-2H3. The minimum absolute atomic E-state index is 0.0169. The minimum Gasteiger partial charge on any atom is -0.495 e. The number of rotatable bonds is 5. The van der Waals surface area contributed by atoms with Gasteiger partial charge < -0.3 is 15.0 Å². The van der Waals surface area contributed by atoms with E-state index < -0.39 is 11.8 Å². The summed E-state index contributed by atoms with van der Waals surface area (Å²) in [7, 11) is 1.43. The van der Waals surface area contributed by atoms with E-state index in [1.165, 1.54) is 13.2 Å². The number of nitrogens with one attached hydrogen (secondary N) is 1. The van der Waals surface area contributed by atoms with Gasteiger partial charge in [-0.1, -0.05) is 30.1 Å². The van der Waals surface area contributed by atoms with E-state index in [0.717, 1.165) is 30.8 Å². The van der Waals surface area contributed by atoms with E-state index in [-0.39, 0.29) is 22.3 Å². The molecule has 1 N–H and O–H groups in total. The van der Waals surface area contributed by atoms with Crippen LogP contribution in [0, 0.1) is 5.92 Å². The molecular weight excluding hydrogens is 465 g/mol. The van der Waals surface area contributed by atoms with E-state index in [0.29, 0.717) is 27.9 Å². The first-order chi connectivity index (χ1) is 15.8. The van der Waals surface area contributed by atoms with Gasteiger partial charge in [-0.05, 0) is 61.2 Å². The fraction of sp³-hybridized carbons (Fsp3) is 0.292. The van der Waals surface area contributed by atoms with E-state index >= 15 is 0 Å². The molecule has 1 saturated heterocycles. The molecule has 2 aromatic carbocycles. The van der Waals surface area contributed by atoms with Gasteiger partial charge in [-0.15, -0.1) is 0 Å². The van der Waals surface area contributed by atoms with Crippen LogP contribution in [0.3, 0.4) is 0 Å². The van der Waals surface area contributed by atoms with Crippen LogP contribution in [0.2, 0.25) is 5.02 Å². The Morgan fingerprint density at radius 3 is 2.48 bits per heavy atom. The maximum atomic E-state index is 13.1. The van der Waals surface area contributed by atoms with Gasteiger partial charge in [-0.2, -0.15) is 0 Å². The lowest BCUT2D eigenvalue weighted by atomic mass is 9.99. The molecule has 0 aliphatic carbocycles. The van der Waals surface area contributed by atoms with Crippen LogP contribution < -0.4 is 15.0 Å². The summed E-state index contributed by atoms with van der Waals surface area (Å²) >= 11 is 12.3. The number of halogens is 2. The number of ether oxygens (including phenoxy) is 1. The third kappa shape index (κ3) is 4.56. The highest BCUT2D eigenvalue weighted by molar-refractivity contribution is 6.53. The van der Waals surface area contributed by atoms with Crippen LogP contribution in [0.4, 0.5) is 11.4 Å². The van der Waals surface area contributed by atoms with Gasteiger partial charge in [0.2, 0.25) is 0 Å². The molecule has 3 amide bonds. The van der Waals surface area contributed by atoms with E-state index in [4.69, 9.17) is 27.9 Å². The first kappa shape index (κ1) is 23.1. The molecule has 7 nitrogen and oxygen atoms in total. The Labute approximate surface area is 201 Å². The van der Waals surface area contributed by atoms with E-state index in [9.17, 15) is 14.4 Å². The molecule has 2 aliphatic heterocycles. The lowest BCUT2D eigenvalue weighted by molar-refractivity contribution is -0.120. The number of benzene rings is 2. The Morgan fingerprint density at radius 2 is 1.82 bits per heavy atom. The highest BCUT2D eigenvalue weighted by atomic mass is 35.5. The zero-order valence-corrected chi connectivity index (χ0v) is 19.7. The van der Waals surface area contributed by atoms with Crippen LogP contribution in [0.25, 0.3) is 0 Å². The highest BCUT2D eigenvalue weighted by Crippen LogP contribution is 2.37. The average Bonchev–Trinajstić information content (AvgIpc) is 3.02. The fourth-order valence-electron chi connectivity index (χ4n) is 4.06. The van der Waals surface area contributed by atoms with E-state index in [1.807, 2.05) is 4.90 Å². The maximum Gasteiger partial charge on any atom is 0.283 e. The van der Waals surface area contributed by atoms with E-state index in [1.54, 1.807) is 36.4 Å². The molecule has 1 fully saturated rings. The Hall–Kier alpha value is -3.03. The fourth-order valence-corrected chi connectivity index (χ4v) is 4.44. The summed E-state index contributed by atoms with van der Waals surface area (Å²) < 4.78 is 5.27. The van der Waals surface area contributed by atoms with Crippen molar-refractivity contribution in [3.05, 3.63) is 63.8 Å². The lowest BCUT2D eigenvalue weighted by Gasteiger charge is -2.31. The van der Waals surface area contributed by atoms with Gasteiger partial charge in [0.25, 0.3) is 17.7 Å². The van der Waals surface area contributed by atoms with Crippen molar-refractivity contribution in [3.8, 4) is 5.75 Å². The second kappa shape index (κ2) is 9.45. The van der Waals surface area contributed by atoms with Gasteiger partial charge in [-0.3, -0.25) is 14.4 Å². The number of likely N-dealkylation sites (tertiary alicyclic amines) is 1. The Kier molecular flexibility index (Phi) is 6.63. The van der Waals surface area contributed by atoms with Crippen molar-refractivity contribution in [2.75, 3.05) is 30.4 Å². The van der Waals surface area contributed by atoms with Crippen LogP contribution in [0.15, 0.2) is 53.2 Å². The highest BCUT2D eigenvalue weighted by Gasteiger charge is 2.40. The van der Waals surface area contributed by atoms with Crippen molar-refractivity contribution in [1.29, 1.82) is 0 Å². The second-order valence-corrected chi connectivity index (χ2v) is 8.97. The number of imide groups is 1. The van der Waals surface area contributed by atoms with Crippen molar-refractivity contribution in [2.45, 2.75) is 19.8 Å². The summed E-state index contributed by atoms with van der Waals surface area (Å²) in [5.41, 5.74) is 1.22. The molecule has 1 unspecified atom stereocenters. The lowest BCUT2D eigenvalue weighted by Crippen LogP contribution is -2.39. The third-order valence-corrected chi connectivity index (χ3v) is 6.34. The SMILES string of the molecule is COc1ccc(Cl)cc1N1C(=O)C(Cl)=C(Nc2ccc(C(=O)N3CCCC(C)C3)cc2)C1=O. The van der Waals surface area contributed by atoms with Gasteiger partial charge in [0.15, 0.2) is 0 Å². The second-order valence-electron chi connectivity index (χ2n) is 8.15. The van der Waals surface area contributed by atoms with Gasteiger partial charge in [-0.25, -0.2) is 4.90 Å². The first-order valence-corrected chi connectivity index (χ1v) is 11.3. The molecule has 2 aliphatic rings. The molecule has 172 valence electrons. The summed E-state index contributed by atoms with van der Waals surface area (Å²) in [6.07, 6.45) is 2.14. The van der Waals surface area contributed by atoms with Crippen molar-refractivity contribution in [3.63, 3.8) is 0 Å². The van der Waals surface area contributed by atoms with Gasteiger partial charge >= 0.3 is 0 Å². The normalized spacial score (nSPS) is 18.7. The quantitative estimate of drug-likeness (QED) is 0.620. The van der Waals surface area contributed by atoms with Crippen LogP contribution in [-0.2, 0) is 9.59 Å². The number of carbonyl (C=O) groups excluding carboxylic acids is 3. The largest absolute Gasteiger partial charge is 0.495 e. The molecule has 0 spiro atoms. The number of anilines is 2. The number of hydrogen-bond acceptors (Lipinski definition) is 5. The molecule has 4 rings (SSSR count). The number of methoxy groups -OCH3 is 1. The first-order valence-electron chi connectivity index (χ1n) is 10.6. The molecule has 0 aromatic heterocycles. The van der Waals surface area contributed by atoms with E-state index in [2.05, 4.69) is 12.2 Å². The molecule has 0 radical (unpaired) electrons. The monoisotopic (exact) mass is 487 g/mol. The smallest absolute Gasteiger partial charge is 0.283 e. The number of piperidine rings is 1. The number of carbonyl (C=O) groups is 3. The molecule has 33 heavy (non-hydrogen) atoms. The number of nitrogens with zero attached hydrogens (tertiary/aromatic N) is 2. The Bertz CT molecular complexity index is 1150. The van der Waals surface area contributed by atoms with Crippen molar-refractivity contribution in [2.24, 2.45) is 5.92 Å². The van der Waals surface area contributed by atoms with Crippen LogP contribution in [0.5, 0.6) is 5.75 Å². The zero-order valence-electron chi connectivity index (χ0n) is 18.2. The van der Waals surface area contributed by atoms with Gasteiger partial charge in [0.05, 0.1) is 12.8 Å². The summed E-state index contributed by atoms with van der Waals surface area (Å²) in [6, 6.07) is 11.4. The predicted molar refractivity (Wildman–Crippen MR) is 128 cm³/mol. The summed E-state index contributed by atoms with van der Waals surface area (Å²) in [5.74, 6) is -0.535. The molecular formula is C24H23Cl2N3O4. The van der Waals surface area contributed by atoms with Crippen LogP contribution >= 0.6 is 23.2 Å². The third-order valence-electron chi connectivity index (χ3n) is 5.75. The van der Waals surface area contributed by atoms with Crippen molar-refractivity contribution in [1.82, 2.24) is 4.90 Å². The summed E-state index contributed by atoms with van der Waals surface area (Å²) in [6.45, 7) is 3.65. The topological polar surface area (TPSA) is 79.0 Å². The summed E-state index contributed by atoms with van der Waals surface area (Å²) in [4.78, 5) is 41.4. The van der Waals surface area contributed by atoms with Crippen LogP contribution in [-0.4, -0.2) is 42.8 Å². The van der Waals surface area contributed by atoms with Gasteiger partial charge in [0, 0.05) is 29.4 Å². The minimum atomic E-state index is -0.684. The predicted octanol–water partition coefficient (Wildman–Crippen LogP) is 4.66. The molecule has 2 aromatic rings. The summed E-state index contributed by atoms with van der Waals surface area (Å²) in [5, 5.41) is 3.01.